The maximum absolute atomic E-state index is 10.9. The van der Waals surface area contributed by atoms with Gasteiger partial charge in [-0.3, -0.25) is 0 Å². The topological polar surface area (TPSA) is 37.3 Å². The molecule has 2 nitrogen and oxygen atoms in total. The fourth-order valence-corrected chi connectivity index (χ4v) is 4.92. The van der Waals surface area contributed by atoms with Crippen molar-refractivity contribution in [1.29, 1.82) is 0 Å². The molecule has 0 heterocycles. The zero-order valence-electron chi connectivity index (χ0n) is 19.1. The summed E-state index contributed by atoms with van der Waals surface area (Å²) < 4.78 is 0. The van der Waals surface area contributed by atoms with Crippen molar-refractivity contribution in [3.8, 4) is 0 Å². The van der Waals surface area contributed by atoms with Gasteiger partial charge >= 0.3 is 5.97 Å². The molecular formula is C27H36O2. The predicted molar refractivity (Wildman–Crippen MR) is 122 cm³/mol. The minimum Gasteiger partial charge on any atom is -0.478 e. The highest BCUT2D eigenvalue weighted by atomic mass is 16.4. The van der Waals surface area contributed by atoms with Crippen molar-refractivity contribution in [1.82, 2.24) is 0 Å². The molecule has 0 radical (unpaired) electrons. The first-order valence-corrected chi connectivity index (χ1v) is 10.8. The molecule has 1 aromatic carbocycles. The molecule has 2 aliphatic rings. The maximum Gasteiger partial charge on any atom is 0.328 e. The van der Waals surface area contributed by atoms with Crippen LogP contribution in [0.2, 0.25) is 0 Å². The molecule has 0 unspecified atom stereocenters. The van der Waals surface area contributed by atoms with E-state index in [-0.39, 0.29) is 16.2 Å². The fourth-order valence-electron chi connectivity index (χ4n) is 4.92. The Balaban J connectivity index is 2.13. The number of rotatable bonds is 3. The van der Waals surface area contributed by atoms with Gasteiger partial charge in [0.25, 0.3) is 0 Å². The average Bonchev–Trinajstić information content (AvgIpc) is 2.59. The second-order valence-corrected chi connectivity index (χ2v) is 10.9. The van der Waals surface area contributed by atoms with Gasteiger partial charge in [0.05, 0.1) is 0 Å². The highest BCUT2D eigenvalue weighted by Gasteiger charge is 2.39. The van der Waals surface area contributed by atoms with Crippen LogP contribution in [0.3, 0.4) is 0 Å². The van der Waals surface area contributed by atoms with Gasteiger partial charge in [-0.15, -0.1) is 0 Å². The van der Waals surface area contributed by atoms with Crippen molar-refractivity contribution in [3.05, 3.63) is 64.3 Å². The second-order valence-electron chi connectivity index (χ2n) is 10.9. The molecule has 0 saturated carbocycles. The van der Waals surface area contributed by atoms with Crippen LogP contribution in [-0.4, -0.2) is 11.1 Å². The second kappa shape index (κ2) is 7.31. The number of benzene rings is 1. The molecule has 1 N–H and O–H groups in total. The van der Waals surface area contributed by atoms with Gasteiger partial charge in [0, 0.05) is 6.08 Å². The van der Waals surface area contributed by atoms with E-state index in [1.54, 1.807) is 0 Å². The zero-order chi connectivity index (χ0) is 21.6. The molecule has 0 fully saturated rings. The number of carboxylic acid groups (broad SMARTS) is 1. The summed E-state index contributed by atoms with van der Waals surface area (Å²) in [6.45, 7) is 16.0. The maximum atomic E-state index is 10.9. The van der Waals surface area contributed by atoms with Crippen LogP contribution in [-0.2, 0) is 22.0 Å². The smallest absolute Gasteiger partial charge is 0.328 e. The monoisotopic (exact) mass is 392 g/mol. The largest absolute Gasteiger partial charge is 0.478 e. The molecule has 1 aromatic rings. The minimum absolute atomic E-state index is 0.102. The van der Waals surface area contributed by atoms with Gasteiger partial charge in [-0.05, 0) is 82.3 Å². The van der Waals surface area contributed by atoms with Gasteiger partial charge in [-0.25, -0.2) is 4.79 Å². The molecule has 0 spiro atoms. The Labute approximate surface area is 176 Å². The molecule has 0 amide bonds. The van der Waals surface area contributed by atoms with Crippen LogP contribution in [0, 0.1) is 5.41 Å². The van der Waals surface area contributed by atoms with E-state index in [1.807, 2.05) is 19.1 Å². The first-order valence-electron chi connectivity index (χ1n) is 10.8. The third-order valence-electron chi connectivity index (χ3n) is 7.09. The molecule has 3 rings (SSSR count). The lowest BCUT2D eigenvalue weighted by Crippen LogP contribution is -2.35. The lowest BCUT2D eigenvalue weighted by atomic mass is 9.60. The van der Waals surface area contributed by atoms with Crippen LogP contribution in [0.15, 0.2) is 42.0 Å². The molecule has 2 heteroatoms. The van der Waals surface area contributed by atoms with Crippen molar-refractivity contribution in [3.63, 3.8) is 0 Å². The Morgan fingerprint density at radius 1 is 0.931 bits per heavy atom. The van der Waals surface area contributed by atoms with E-state index < -0.39 is 5.97 Å². The molecule has 0 aromatic heterocycles. The van der Waals surface area contributed by atoms with Crippen LogP contribution in [0.4, 0.5) is 0 Å². The summed E-state index contributed by atoms with van der Waals surface area (Å²) in [6.07, 6.45) is 12.0. The van der Waals surface area contributed by atoms with Crippen molar-refractivity contribution in [2.45, 2.75) is 85.0 Å². The van der Waals surface area contributed by atoms with Crippen LogP contribution < -0.4 is 0 Å². The molecule has 2 aliphatic carbocycles. The van der Waals surface area contributed by atoms with Gasteiger partial charge in [0.2, 0.25) is 0 Å². The predicted octanol–water partition coefficient (Wildman–Crippen LogP) is 6.98. The Morgan fingerprint density at radius 3 is 2.10 bits per heavy atom. The van der Waals surface area contributed by atoms with Crippen molar-refractivity contribution < 1.29 is 9.90 Å². The summed E-state index contributed by atoms with van der Waals surface area (Å²) in [4.78, 5) is 10.9. The van der Waals surface area contributed by atoms with E-state index in [0.29, 0.717) is 0 Å². The summed E-state index contributed by atoms with van der Waals surface area (Å²) in [7, 11) is 0. The molecule has 0 saturated heterocycles. The number of fused-ring (bicyclic) bond motifs is 2. The lowest BCUT2D eigenvalue weighted by Gasteiger charge is -2.44. The fraction of sp³-hybridized carbons (Fsp3) is 0.519. The summed E-state index contributed by atoms with van der Waals surface area (Å²) in [6, 6.07) is 4.97. The molecule has 156 valence electrons. The van der Waals surface area contributed by atoms with Gasteiger partial charge in [-0.1, -0.05) is 71.9 Å². The van der Waals surface area contributed by atoms with E-state index in [0.717, 1.165) is 18.4 Å². The molecular weight excluding hydrogens is 356 g/mol. The highest BCUT2D eigenvalue weighted by molar-refractivity contribution is 5.81. The van der Waals surface area contributed by atoms with Crippen molar-refractivity contribution in [2.75, 3.05) is 0 Å². The van der Waals surface area contributed by atoms with Gasteiger partial charge in [0.1, 0.15) is 0 Å². The molecule has 0 atom stereocenters. The van der Waals surface area contributed by atoms with Crippen molar-refractivity contribution in [2.24, 2.45) is 5.41 Å². The number of aliphatic carboxylic acids is 1. The first kappa shape index (κ1) is 21.6. The molecule has 0 bridgehead atoms. The quantitative estimate of drug-likeness (QED) is 0.445. The number of aryl methyl sites for hydroxylation is 1. The van der Waals surface area contributed by atoms with Crippen LogP contribution in [0.5, 0.6) is 0 Å². The zero-order valence-corrected chi connectivity index (χ0v) is 19.1. The standard InChI is InChI=1S/C27H36O2/c1-18(15-24(28)29)9-8-10-21-20-17-23-22(16-19(20)11-12-25(21,2)3)26(4,5)13-14-27(23,6)7/h8-10,15-17H,11-14H2,1-7H3,(H,28,29)/b9-8?,18-15+,21-10?. The van der Waals surface area contributed by atoms with Gasteiger partial charge < -0.3 is 5.11 Å². The van der Waals surface area contributed by atoms with E-state index in [2.05, 4.69) is 59.8 Å². The third kappa shape index (κ3) is 4.27. The Hall–Kier alpha value is -2.09. The summed E-state index contributed by atoms with van der Waals surface area (Å²) in [5.41, 5.74) is 8.52. The minimum atomic E-state index is -0.903. The van der Waals surface area contributed by atoms with Crippen molar-refractivity contribution >= 4 is 11.5 Å². The average molecular weight is 393 g/mol. The van der Waals surface area contributed by atoms with Crippen LogP contribution in [0.25, 0.3) is 5.57 Å². The third-order valence-corrected chi connectivity index (χ3v) is 7.09. The number of hydrogen-bond donors (Lipinski definition) is 1. The van der Waals surface area contributed by atoms with E-state index >= 15 is 0 Å². The number of hydrogen-bond acceptors (Lipinski definition) is 1. The Morgan fingerprint density at radius 2 is 1.52 bits per heavy atom. The normalized spacial score (nSPS) is 23.7. The SMILES string of the molecule is C/C(C=CC=C1c2cc3c(cc2CCC1(C)C)C(C)(C)CCC3(C)C)=C\C(=O)O. The first-order chi connectivity index (χ1) is 13.3. The Kier molecular flexibility index (Phi) is 5.45. The van der Waals surface area contributed by atoms with E-state index in [4.69, 9.17) is 5.11 Å². The highest BCUT2D eigenvalue weighted by Crippen LogP contribution is 2.51. The Bertz CT molecular complexity index is 920. The number of carboxylic acids is 1. The van der Waals surface area contributed by atoms with Crippen LogP contribution >= 0.6 is 0 Å². The summed E-state index contributed by atoms with van der Waals surface area (Å²) in [5.74, 6) is -0.903. The summed E-state index contributed by atoms with van der Waals surface area (Å²) >= 11 is 0. The van der Waals surface area contributed by atoms with Gasteiger partial charge in [-0.2, -0.15) is 0 Å². The lowest BCUT2D eigenvalue weighted by molar-refractivity contribution is -0.131. The molecule has 29 heavy (non-hydrogen) atoms. The van der Waals surface area contributed by atoms with Gasteiger partial charge in [0.15, 0.2) is 0 Å². The number of carbonyl (C=O) groups is 1. The van der Waals surface area contributed by atoms with E-state index in [9.17, 15) is 4.79 Å². The van der Waals surface area contributed by atoms with E-state index in [1.165, 1.54) is 46.7 Å². The summed E-state index contributed by atoms with van der Waals surface area (Å²) in [5, 5.41) is 8.92. The molecule has 0 aliphatic heterocycles. The van der Waals surface area contributed by atoms with Crippen LogP contribution in [0.1, 0.15) is 90.0 Å². The number of allylic oxidation sites excluding steroid dienone is 5.